The van der Waals surface area contributed by atoms with Gasteiger partial charge in [-0.25, -0.2) is 13.7 Å². The third-order valence-corrected chi connectivity index (χ3v) is 5.56. The van der Waals surface area contributed by atoms with Crippen LogP contribution in [0.5, 0.6) is 5.75 Å². The largest absolute Gasteiger partial charge is 0.492 e. The van der Waals surface area contributed by atoms with E-state index in [4.69, 9.17) is 4.74 Å². The molecule has 0 aliphatic heterocycles. The maximum absolute atomic E-state index is 11.9. The molecule has 2 amide bonds. The Kier molecular flexibility index (Phi) is 8.06. The Morgan fingerprint density at radius 2 is 1.81 bits per heavy atom. The Balaban J connectivity index is 1.95. The first kappa shape index (κ1) is 21.2. The van der Waals surface area contributed by atoms with Gasteiger partial charge < -0.3 is 15.4 Å². The van der Waals surface area contributed by atoms with Gasteiger partial charge in [-0.2, -0.15) is 0 Å². The number of amides is 2. The van der Waals surface area contributed by atoms with Crippen LogP contribution in [0.4, 0.5) is 4.79 Å². The highest BCUT2D eigenvalue weighted by Gasteiger charge is 2.10. The van der Waals surface area contributed by atoms with Crippen LogP contribution in [0.15, 0.2) is 36.4 Å². The van der Waals surface area contributed by atoms with E-state index in [2.05, 4.69) is 40.5 Å². The van der Waals surface area contributed by atoms with Crippen LogP contribution in [-0.2, 0) is 11.0 Å². The summed E-state index contributed by atoms with van der Waals surface area (Å²) >= 11 is 0. The third kappa shape index (κ3) is 6.52. The second-order valence-electron chi connectivity index (χ2n) is 6.72. The fraction of sp³-hybridized carbons (Fsp3) is 0.450. The summed E-state index contributed by atoms with van der Waals surface area (Å²) in [6.07, 6.45) is 0. The van der Waals surface area contributed by atoms with E-state index in [1.54, 1.807) is 7.05 Å². The minimum absolute atomic E-state index is 0.110. The molecule has 0 fully saturated rings. The molecule has 0 aliphatic rings. The van der Waals surface area contributed by atoms with Crippen molar-refractivity contribution < 1.29 is 13.7 Å². The molecule has 6 nitrogen and oxygen atoms in total. The number of hydrogen-bond donors (Lipinski definition) is 3. The molecule has 0 radical (unpaired) electrons. The first-order valence-corrected chi connectivity index (χ1v) is 10.4. The van der Waals surface area contributed by atoms with E-state index >= 15 is 0 Å². The minimum Gasteiger partial charge on any atom is -0.492 e. The van der Waals surface area contributed by atoms with Gasteiger partial charge in [-0.15, -0.1) is 0 Å². The predicted molar refractivity (Wildman–Crippen MR) is 112 cm³/mol. The molecule has 7 heteroatoms. The Bertz CT molecular complexity index is 795. The van der Waals surface area contributed by atoms with Crippen LogP contribution < -0.4 is 20.1 Å². The molecule has 3 N–H and O–H groups in total. The SMILES string of the molecule is CNC(=O)NCCOc1ccc2cc(C(C)CNS(=O)C(C)C)ccc2c1. The summed E-state index contributed by atoms with van der Waals surface area (Å²) in [5.74, 6) is 1.04. The summed E-state index contributed by atoms with van der Waals surface area (Å²) in [4.78, 5) is 11.1. The first-order chi connectivity index (χ1) is 12.9. The van der Waals surface area contributed by atoms with Gasteiger partial charge in [0.05, 0.1) is 17.5 Å². The number of rotatable bonds is 9. The summed E-state index contributed by atoms with van der Waals surface area (Å²) in [5, 5.41) is 7.53. The number of hydrogen-bond acceptors (Lipinski definition) is 3. The van der Waals surface area contributed by atoms with Crippen molar-refractivity contribution in [2.24, 2.45) is 0 Å². The molecular weight excluding hydrogens is 362 g/mol. The quantitative estimate of drug-likeness (QED) is 0.575. The fourth-order valence-corrected chi connectivity index (χ4v) is 3.30. The Hall–Kier alpha value is -2.12. The smallest absolute Gasteiger partial charge is 0.314 e. The van der Waals surface area contributed by atoms with Gasteiger partial charge in [0.2, 0.25) is 0 Å². The lowest BCUT2D eigenvalue weighted by atomic mass is 9.98. The van der Waals surface area contributed by atoms with Crippen LogP contribution in [0.2, 0.25) is 0 Å². The summed E-state index contributed by atoms with van der Waals surface area (Å²) in [7, 11) is 0.577. The van der Waals surface area contributed by atoms with E-state index in [0.717, 1.165) is 16.5 Å². The van der Waals surface area contributed by atoms with Gasteiger partial charge in [0.1, 0.15) is 12.4 Å². The lowest BCUT2D eigenvalue weighted by molar-refractivity contribution is 0.238. The molecule has 0 bridgehead atoms. The van der Waals surface area contributed by atoms with Crippen molar-refractivity contribution >= 4 is 27.8 Å². The van der Waals surface area contributed by atoms with Crippen molar-refractivity contribution in [2.75, 3.05) is 26.7 Å². The Labute approximate surface area is 163 Å². The molecule has 2 rings (SSSR count). The van der Waals surface area contributed by atoms with Gasteiger partial charge in [0.25, 0.3) is 0 Å². The molecular formula is C20H29N3O3S. The van der Waals surface area contributed by atoms with Crippen molar-refractivity contribution in [3.8, 4) is 5.75 Å². The molecule has 0 aromatic heterocycles. The van der Waals surface area contributed by atoms with Gasteiger partial charge in [-0.05, 0) is 48.2 Å². The highest BCUT2D eigenvalue weighted by Crippen LogP contribution is 2.25. The molecule has 0 saturated heterocycles. The van der Waals surface area contributed by atoms with Crippen molar-refractivity contribution in [3.05, 3.63) is 42.0 Å². The van der Waals surface area contributed by atoms with Gasteiger partial charge >= 0.3 is 6.03 Å². The number of fused-ring (bicyclic) bond motifs is 1. The summed E-state index contributed by atoms with van der Waals surface area (Å²) < 4.78 is 20.6. The summed E-state index contributed by atoms with van der Waals surface area (Å²) in [6, 6.07) is 12.1. The molecule has 27 heavy (non-hydrogen) atoms. The predicted octanol–water partition coefficient (Wildman–Crippen LogP) is 2.91. The average molecular weight is 392 g/mol. The first-order valence-electron chi connectivity index (χ1n) is 9.17. The molecule has 0 saturated carbocycles. The van der Waals surface area contributed by atoms with Crippen LogP contribution >= 0.6 is 0 Å². The molecule has 0 spiro atoms. The van der Waals surface area contributed by atoms with Crippen LogP contribution in [0, 0.1) is 0 Å². The monoisotopic (exact) mass is 391 g/mol. The van der Waals surface area contributed by atoms with E-state index in [1.165, 1.54) is 5.56 Å². The average Bonchev–Trinajstić information content (AvgIpc) is 2.68. The molecule has 2 atom stereocenters. The van der Waals surface area contributed by atoms with Crippen molar-refractivity contribution in [1.29, 1.82) is 0 Å². The second kappa shape index (κ2) is 10.3. The Morgan fingerprint density at radius 3 is 2.52 bits per heavy atom. The van der Waals surface area contributed by atoms with Crippen LogP contribution in [-0.4, -0.2) is 42.2 Å². The zero-order valence-electron chi connectivity index (χ0n) is 16.4. The molecule has 148 valence electrons. The molecule has 2 aromatic rings. The van der Waals surface area contributed by atoms with E-state index < -0.39 is 11.0 Å². The fourth-order valence-electron chi connectivity index (χ4n) is 2.55. The zero-order valence-corrected chi connectivity index (χ0v) is 17.2. The van der Waals surface area contributed by atoms with E-state index in [9.17, 15) is 9.00 Å². The van der Waals surface area contributed by atoms with Gasteiger partial charge in [0, 0.05) is 18.8 Å². The van der Waals surface area contributed by atoms with Crippen LogP contribution in [0.1, 0.15) is 32.3 Å². The topological polar surface area (TPSA) is 79.5 Å². The maximum atomic E-state index is 11.9. The third-order valence-electron chi connectivity index (χ3n) is 4.25. The highest BCUT2D eigenvalue weighted by atomic mass is 32.2. The van der Waals surface area contributed by atoms with Crippen LogP contribution in [0.25, 0.3) is 10.8 Å². The standard InChI is InChI=1S/C20H29N3O3S/c1-14(2)27(25)23-13-15(3)16-5-6-18-12-19(8-7-17(18)11-16)26-10-9-22-20(24)21-4/h5-8,11-12,14-15,23H,9-10,13H2,1-4H3,(H2,21,22,24). The molecule has 2 aromatic carbocycles. The minimum atomic E-state index is -1.00. The number of carbonyl (C=O) groups excluding carboxylic acids is 1. The lowest BCUT2D eigenvalue weighted by Crippen LogP contribution is -2.35. The van der Waals surface area contributed by atoms with Crippen LogP contribution in [0.3, 0.4) is 0 Å². The zero-order chi connectivity index (χ0) is 19.8. The summed E-state index contributed by atoms with van der Waals surface area (Å²) in [5.41, 5.74) is 1.21. The van der Waals surface area contributed by atoms with Gasteiger partial charge in [-0.3, -0.25) is 0 Å². The molecule has 0 heterocycles. The number of benzene rings is 2. The number of carbonyl (C=O) groups is 1. The number of ether oxygens (including phenoxy) is 1. The van der Waals surface area contributed by atoms with E-state index in [0.29, 0.717) is 19.7 Å². The molecule has 0 aliphatic carbocycles. The van der Waals surface area contributed by atoms with Crippen molar-refractivity contribution in [3.63, 3.8) is 0 Å². The number of urea groups is 1. The highest BCUT2D eigenvalue weighted by molar-refractivity contribution is 7.83. The van der Waals surface area contributed by atoms with Crippen molar-refractivity contribution in [2.45, 2.75) is 31.9 Å². The normalized spacial score (nSPS) is 13.4. The summed E-state index contributed by atoms with van der Waals surface area (Å²) in [6.45, 7) is 7.54. The maximum Gasteiger partial charge on any atom is 0.314 e. The second-order valence-corrected chi connectivity index (χ2v) is 8.54. The van der Waals surface area contributed by atoms with E-state index in [1.807, 2.05) is 32.0 Å². The van der Waals surface area contributed by atoms with Gasteiger partial charge in [-0.1, -0.05) is 31.2 Å². The van der Waals surface area contributed by atoms with Crippen molar-refractivity contribution in [1.82, 2.24) is 15.4 Å². The Morgan fingerprint density at radius 1 is 1.11 bits per heavy atom. The number of nitrogens with one attached hydrogen (secondary N) is 3. The van der Waals surface area contributed by atoms with E-state index in [-0.39, 0.29) is 17.2 Å². The molecule has 2 unspecified atom stereocenters. The van der Waals surface area contributed by atoms with Gasteiger partial charge in [0.15, 0.2) is 0 Å². The lowest BCUT2D eigenvalue weighted by Gasteiger charge is -2.15.